The number of rotatable bonds is 1. The summed E-state index contributed by atoms with van der Waals surface area (Å²) in [4.78, 5) is 9.66. The molecule has 3 N–H and O–H groups in total. The van der Waals surface area contributed by atoms with Crippen molar-refractivity contribution in [3.8, 4) is 12.3 Å². The first-order valence-corrected chi connectivity index (χ1v) is 1.63. The fraction of sp³-hybridized carbons (Fsp3) is 0.250. The van der Waals surface area contributed by atoms with Crippen molar-refractivity contribution in [1.82, 2.24) is 0 Å². The van der Waals surface area contributed by atoms with Crippen molar-refractivity contribution in [3.05, 3.63) is 0 Å². The summed E-state index contributed by atoms with van der Waals surface area (Å²) >= 11 is 0. The van der Waals surface area contributed by atoms with Gasteiger partial charge in [0, 0.05) is 0 Å². The molecule has 0 spiro atoms. The maximum absolute atomic E-state index is 9.66. The third-order valence-corrected chi connectivity index (χ3v) is 0.446. The third-order valence-electron chi connectivity index (χ3n) is 0.446. The lowest BCUT2D eigenvalue weighted by Crippen LogP contribution is -2.27. The standard InChI is InChI=1S/C4H5NO2/c1-2-3(5)4(6)7/h1,3H,5H2,(H,6,7)/t3-/m0/s1. The second-order valence-corrected chi connectivity index (χ2v) is 0.983. The molecular weight excluding hydrogens is 94.0 g/mol. The molecule has 0 saturated heterocycles. The van der Waals surface area contributed by atoms with Crippen molar-refractivity contribution in [2.24, 2.45) is 5.73 Å². The molecule has 3 heteroatoms. The molecule has 0 aromatic rings. The highest BCUT2D eigenvalue weighted by Crippen LogP contribution is 1.69. The third kappa shape index (κ3) is 1.79. The van der Waals surface area contributed by atoms with Crippen molar-refractivity contribution in [2.45, 2.75) is 6.04 Å². The minimum atomic E-state index is -1.16. The first-order chi connectivity index (χ1) is 3.18. The summed E-state index contributed by atoms with van der Waals surface area (Å²) in [5.74, 6) is 0.678. The van der Waals surface area contributed by atoms with E-state index in [0.717, 1.165) is 0 Å². The van der Waals surface area contributed by atoms with E-state index in [0.29, 0.717) is 0 Å². The second-order valence-electron chi connectivity index (χ2n) is 0.983. The van der Waals surface area contributed by atoms with E-state index >= 15 is 0 Å². The van der Waals surface area contributed by atoms with Gasteiger partial charge in [0.05, 0.1) is 0 Å². The van der Waals surface area contributed by atoms with Crippen LogP contribution in [0.3, 0.4) is 0 Å². The maximum atomic E-state index is 9.66. The van der Waals surface area contributed by atoms with Gasteiger partial charge in [0.15, 0.2) is 6.04 Å². The Labute approximate surface area is 41.1 Å². The Morgan fingerprint density at radius 1 is 2.00 bits per heavy atom. The van der Waals surface area contributed by atoms with Crippen LogP contribution in [-0.2, 0) is 4.79 Å². The van der Waals surface area contributed by atoms with E-state index < -0.39 is 12.0 Å². The average molecular weight is 99.1 g/mol. The maximum Gasteiger partial charge on any atom is 0.333 e. The quantitative estimate of drug-likeness (QED) is 0.416. The number of carboxylic acid groups (broad SMARTS) is 1. The van der Waals surface area contributed by atoms with Gasteiger partial charge in [-0.25, -0.2) is 4.79 Å². The molecule has 0 aliphatic carbocycles. The molecule has 0 heterocycles. The topological polar surface area (TPSA) is 63.3 Å². The molecular formula is C4H5NO2. The largest absolute Gasteiger partial charge is 0.479 e. The molecule has 0 aliphatic rings. The van der Waals surface area contributed by atoms with Crippen LogP contribution in [0.2, 0.25) is 0 Å². The molecule has 0 rings (SSSR count). The van der Waals surface area contributed by atoms with E-state index in [-0.39, 0.29) is 0 Å². The van der Waals surface area contributed by atoms with Crippen molar-refractivity contribution < 1.29 is 9.90 Å². The molecule has 0 aliphatic heterocycles. The Bertz CT molecular complexity index is 113. The van der Waals surface area contributed by atoms with E-state index in [4.69, 9.17) is 10.8 Å². The molecule has 0 bridgehead atoms. The van der Waals surface area contributed by atoms with Crippen LogP contribution in [0.1, 0.15) is 0 Å². The lowest BCUT2D eigenvalue weighted by molar-refractivity contribution is -0.137. The normalized spacial score (nSPS) is 12.0. The van der Waals surface area contributed by atoms with E-state index in [1.54, 1.807) is 0 Å². The second kappa shape index (κ2) is 2.21. The van der Waals surface area contributed by atoms with Gasteiger partial charge >= 0.3 is 5.97 Å². The molecule has 7 heavy (non-hydrogen) atoms. The fourth-order valence-electron chi connectivity index (χ4n) is 0.0713. The van der Waals surface area contributed by atoms with Crippen molar-refractivity contribution in [1.29, 1.82) is 0 Å². The Morgan fingerprint density at radius 2 is 2.43 bits per heavy atom. The van der Waals surface area contributed by atoms with Crippen LogP contribution in [-0.4, -0.2) is 17.1 Å². The van der Waals surface area contributed by atoms with Gasteiger partial charge in [0.1, 0.15) is 0 Å². The summed E-state index contributed by atoms with van der Waals surface area (Å²) in [5.41, 5.74) is 4.78. The zero-order chi connectivity index (χ0) is 5.86. The smallest absolute Gasteiger partial charge is 0.333 e. The van der Waals surface area contributed by atoms with Gasteiger partial charge in [-0.1, -0.05) is 5.92 Å². The van der Waals surface area contributed by atoms with Gasteiger partial charge in [0.2, 0.25) is 0 Å². The number of carbonyl (C=O) groups is 1. The number of hydrogen-bond acceptors (Lipinski definition) is 2. The van der Waals surface area contributed by atoms with Crippen molar-refractivity contribution in [2.75, 3.05) is 0 Å². The number of nitrogens with two attached hydrogens (primary N) is 1. The minimum absolute atomic E-state index is 1.15. The van der Waals surface area contributed by atoms with Gasteiger partial charge in [-0.3, -0.25) is 0 Å². The Hall–Kier alpha value is -1.01. The summed E-state index contributed by atoms with van der Waals surface area (Å²) in [6.45, 7) is 0. The molecule has 0 fully saturated rings. The number of carboxylic acids is 1. The van der Waals surface area contributed by atoms with Gasteiger partial charge < -0.3 is 10.8 Å². The van der Waals surface area contributed by atoms with E-state index in [1.807, 2.05) is 5.92 Å². The zero-order valence-corrected chi connectivity index (χ0v) is 3.59. The van der Waals surface area contributed by atoms with E-state index in [9.17, 15) is 4.79 Å². The summed E-state index contributed by atoms with van der Waals surface area (Å²) in [5, 5.41) is 7.91. The summed E-state index contributed by atoms with van der Waals surface area (Å²) in [6.07, 6.45) is 4.62. The van der Waals surface area contributed by atoms with Crippen LogP contribution in [0.15, 0.2) is 0 Å². The lowest BCUT2D eigenvalue weighted by Gasteiger charge is -1.90. The van der Waals surface area contributed by atoms with Crippen LogP contribution in [0.5, 0.6) is 0 Å². The first-order valence-electron chi connectivity index (χ1n) is 1.63. The molecule has 38 valence electrons. The van der Waals surface area contributed by atoms with Gasteiger partial charge in [-0.2, -0.15) is 0 Å². The van der Waals surface area contributed by atoms with E-state index in [2.05, 4.69) is 6.42 Å². The fourth-order valence-corrected chi connectivity index (χ4v) is 0.0713. The first kappa shape index (κ1) is 5.99. The SMILES string of the molecule is C#C[C@H](N)C(=O)O. The highest BCUT2D eigenvalue weighted by atomic mass is 16.4. The lowest BCUT2D eigenvalue weighted by atomic mass is 10.3. The van der Waals surface area contributed by atoms with Gasteiger partial charge in [-0.05, 0) is 0 Å². The van der Waals surface area contributed by atoms with Crippen LogP contribution >= 0.6 is 0 Å². The molecule has 0 radical (unpaired) electrons. The Balaban J connectivity index is 3.63. The highest BCUT2D eigenvalue weighted by molar-refractivity contribution is 5.76. The molecule has 0 amide bonds. The van der Waals surface area contributed by atoms with Gasteiger partial charge in [-0.15, -0.1) is 6.42 Å². The minimum Gasteiger partial charge on any atom is -0.479 e. The molecule has 0 aromatic heterocycles. The monoisotopic (exact) mass is 99.0 g/mol. The van der Waals surface area contributed by atoms with Crippen molar-refractivity contribution in [3.63, 3.8) is 0 Å². The average Bonchev–Trinajstić information content (AvgIpc) is 1.65. The molecule has 0 saturated carbocycles. The van der Waals surface area contributed by atoms with E-state index in [1.165, 1.54) is 0 Å². The zero-order valence-electron chi connectivity index (χ0n) is 3.59. The number of aliphatic carboxylic acids is 1. The molecule has 0 unspecified atom stereocenters. The van der Waals surface area contributed by atoms with Crippen LogP contribution in [0, 0.1) is 12.3 Å². The van der Waals surface area contributed by atoms with Gasteiger partial charge in [0.25, 0.3) is 0 Å². The Morgan fingerprint density at radius 3 is 2.43 bits per heavy atom. The summed E-state index contributed by atoms with van der Waals surface area (Å²) < 4.78 is 0. The number of terminal acetylenes is 1. The summed E-state index contributed by atoms with van der Waals surface area (Å²) in [7, 11) is 0. The van der Waals surface area contributed by atoms with Crippen LogP contribution < -0.4 is 5.73 Å². The molecule has 3 nitrogen and oxygen atoms in total. The molecule has 0 aromatic carbocycles. The predicted octanol–water partition coefficient (Wildman–Crippen LogP) is -0.969. The summed E-state index contributed by atoms with van der Waals surface area (Å²) in [6, 6.07) is -1.15. The Kier molecular flexibility index (Phi) is 1.89. The van der Waals surface area contributed by atoms with Crippen LogP contribution in [0.4, 0.5) is 0 Å². The highest BCUT2D eigenvalue weighted by Gasteiger charge is 2.03. The van der Waals surface area contributed by atoms with Crippen molar-refractivity contribution >= 4 is 5.97 Å². The number of hydrogen-bond donors (Lipinski definition) is 2. The molecule has 1 atom stereocenters. The van der Waals surface area contributed by atoms with Crippen LogP contribution in [0.25, 0.3) is 0 Å². The predicted molar refractivity (Wildman–Crippen MR) is 24.4 cm³/mol.